The Morgan fingerprint density at radius 3 is 2.47 bits per heavy atom. The second-order valence-corrected chi connectivity index (χ2v) is 9.35. The number of hydrogen-bond donors (Lipinski definition) is 1. The number of nitrogens with zero attached hydrogens (tertiary/aromatic N) is 4. The zero-order valence-electron chi connectivity index (χ0n) is 17.0. The van der Waals surface area contributed by atoms with E-state index in [0.29, 0.717) is 22.2 Å². The first-order valence-corrected chi connectivity index (χ1v) is 11.8. The summed E-state index contributed by atoms with van der Waals surface area (Å²) in [6.07, 6.45) is 5.80. The molecule has 1 aliphatic carbocycles. The number of thioether (sulfide) groups is 1. The Labute approximate surface area is 182 Å². The molecular formula is C19H25N5O4S2. The van der Waals surface area contributed by atoms with Gasteiger partial charge in [0.1, 0.15) is 9.88 Å². The number of nitrogen functional groups attached to an aromatic ring is 1. The van der Waals surface area contributed by atoms with Gasteiger partial charge in [-0.1, -0.05) is 11.8 Å². The van der Waals surface area contributed by atoms with Crippen LogP contribution in [0.3, 0.4) is 0 Å². The maximum absolute atomic E-state index is 12.3. The zero-order valence-corrected chi connectivity index (χ0v) is 18.7. The largest absolute Gasteiger partial charge is 0.465 e. The van der Waals surface area contributed by atoms with E-state index in [0.717, 1.165) is 48.4 Å². The number of hydrogen-bond acceptors (Lipinski definition) is 10. The Morgan fingerprint density at radius 1 is 1.13 bits per heavy atom. The van der Waals surface area contributed by atoms with Crippen molar-refractivity contribution in [1.29, 1.82) is 0 Å². The molecule has 2 fully saturated rings. The fourth-order valence-electron chi connectivity index (χ4n) is 3.67. The quantitative estimate of drug-likeness (QED) is 0.501. The maximum Gasteiger partial charge on any atom is 0.348 e. The van der Waals surface area contributed by atoms with Crippen molar-refractivity contribution < 1.29 is 19.1 Å². The average molecular weight is 452 g/mol. The van der Waals surface area contributed by atoms with Gasteiger partial charge in [-0.15, -0.1) is 21.5 Å². The maximum atomic E-state index is 12.3. The molecule has 1 saturated heterocycles. The first-order valence-electron chi connectivity index (χ1n) is 9.95. The minimum absolute atomic E-state index is 0.226. The van der Waals surface area contributed by atoms with Gasteiger partial charge in [0.05, 0.1) is 19.8 Å². The Kier molecular flexibility index (Phi) is 6.19. The van der Waals surface area contributed by atoms with Crippen LogP contribution in [0.5, 0.6) is 0 Å². The molecule has 0 atom stereocenters. The molecule has 0 radical (unpaired) electrons. The molecule has 9 nitrogen and oxygen atoms in total. The lowest BCUT2D eigenvalue weighted by atomic mass is 10.1. The van der Waals surface area contributed by atoms with Crippen LogP contribution in [0.15, 0.2) is 5.16 Å². The van der Waals surface area contributed by atoms with Crippen molar-refractivity contribution in [2.24, 2.45) is 0 Å². The van der Waals surface area contributed by atoms with Crippen LogP contribution in [0, 0.1) is 0 Å². The number of methoxy groups -OCH3 is 2. The molecule has 2 aromatic rings. The lowest BCUT2D eigenvalue weighted by molar-refractivity contribution is 0.0601. The summed E-state index contributed by atoms with van der Waals surface area (Å²) in [4.78, 5) is 27.2. The number of anilines is 2. The van der Waals surface area contributed by atoms with Crippen LogP contribution in [-0.2, 0) is 15.2 Å². The number of thiophene rings is 1. The normalized spacial score (nSPS) is 16.5. The summed E-state index contributed by atoms with van der Waals surface area (Å²) in [6, 6.07) is 0.409. The Morgan fingerprint density at radius 2 is 1.83 bits per heavy atom. The smallest absolute Gasteiger partial charge is 0.348 e. The van der Waals surface area contributed by atoms with Gasteiger partial charge < -0.3 is 20.1 Å². The van der Waals surface area contributed by atoms with Crippen molar-refractivity contribution in [1.82, 2.24) is 14.8 Å². The van der Waals surface area contributed by atoms with Crippen LogP contribution in [0.25, 0.3) is 0 Å². The number of esters is 2. The highest BCUT2D eigenvalue weighted by Gasteiger charge is 2.33. The third kappa shape index (κ3) is 4.00. The SMILES string of the molecule is COC(=O)c1sc(N)c(C(=O)OC)c1CSc1nnc(N2CCCCC2)n1C1CC1. The molecule has 162 valence electrons. The number of rotatable bonds is 7. The van der Waals surface area contributed by atoms with Crippen LogP contribution in [0.4, 0.5) is 10.9 Å². The summed E-state index contributed by atoms with van der Waals surface area (Å²) in [5.74, 6) is 0.182. The van der Waals surface area contributed by atoms with Crippen LogP contribution in [-0.4, -0.2) is 54.0 Å². The number of carbonyl (C=O) groups is 2. The van der Waals surface area contributed by atoms with Gasteiger partial charge in [-0.25, -0.2) is 9.59 Å². The third-order valence-electron chi connectivity index (χ3n) is 5.34. The number of carbonyl (C=O) groups excluding carboxylic acids is 2. The van der Waals surface area contributed by atoms with Crippen molar-refractivity contribution >= 4 is 46.0 Å². The van der Waals surface area contributed by atoms with E-state index >= 15 is 0 Å². The summed E-state index contributed by atoms with van der Waals surface area (Å²) < 4.78 is 12.0. The van der Waals surface area contributed by atoms with Crippen molar-refractivity contribution in [3.8, 4) is 0 Å². The van der Waals surface area contributed by atoms with E-state index in [-0.39, 0.29) is 10.6 Å². The monoisotopic (exact) mass is 451 g/mol. The zero-order chi connectivity index (χ0) is 21.3. The van der Waals surface area contributed by atoms with E-state index in [4.69, 9.17) is 15.2 Å². The van der Waals surface area contributed by atoms with E-state index in [2.05, 4.69) is 19.7 Å². The second-order valence-electron chi connectivity index (χ2n) is 7.35. The highest BCUT2D eigenvalue weighted by atomic mass is 32.2. The molecule has 2 N–H and O–H groups in total. The average Bonchev–Trinajstić information content (AvgIpc) is 3.44. The van der Waals surface area contributed by atoms with Gasteiger partial charge in [0.2, 0.25) is 5.95 Å². The molecule has 3 heterocycles. The van der Waals surface area contributed by atoms with Crippen LogP contribution in [0.1, 0.15) is 63.7 Å². The summed E-state index contributed by atoms with van der Waals surface area (Å²) in [5.41, 5.74) is 6.78. The topological polar surface area (TPSA) is 113 Å². The summed E-state index contributed by atoms with van der Waals surface area (Å²) in [5, 5.41) is 9.95. The van der Waals surface area contributed by atoms with Crippen molar-refractivity contribution in [2.45, 2.75) is 49.1 Å². The highest BCUT2D eigenvalue weighted by molar-refractivity contribution is 7.98. The van der Waals surface area contributed by atoms with E-state index < -0.39 is 11.9 Å². The molecule has 11 heteroatoms. The minimum Gasteiger partial charge on any atom is -0.465 e. The van der Waals surface area contributed by atoms with E-state index in [1.165, 1.54) is 45.2 Å². The molecule has 0 unspecified atom stereocenters. The van der Waals surface area contributed by atoms with Gasteiger partial charge in [0.25, 0.3) is 0 Å². The van der Waals surface area contributed by atoms with Gasteiger partial charge >= 0.3 is 11.9 Å². The van der Waals surface area contributed by atoms with Crippen LogP contribution < -0.4 is 10.6 Å². The molecule has 1 saturated carbocycles. The van der Waals surface area contributed by atoms with E-state index in [1.807, 2.05) is 0 Å². The fourth-order valence-corrected chi connectivity index (χ4v) is 5.79. The van der Waals surface area contributed by atoms with Crippen molar-refractivity contribution in [3.05, 3.63) is 16.0 Å². The lowest BCUT2D eigenvalue weighted by Gasteiger charge is -2.27. The van der Waals surface area contributed by atoms with Crippen molar-refractivity contribution in [3.63, 3.8) is 0 Å². The standard InChI is InChI=1S/C19H25N5O4S2/c1-27-16(25)13-12(14(17(26)28-2)30-15(13)20)10-29-19-22-21-18(24(19)11-6-7-11)23-8-4-3-5-9-23/h11H,3-10,20H2,1-2H3. The number of piperidine rings is 1. The summed E-state index contributed by atoms with van der Waals surface area (Å²) in [6.45, 7) is 1.99. The predicted molar refractivity (Wildman–Crippen MR) is 115 cm³/mol. The van der Waals surface area contributed by atoms with Gasteiger partial charge in [0.15, 0.2) is 5.16 Å². The Bertz CT molecular complexity index is 947. The molecule has 4 rings (SSSR count). The van der Waals surface area contributed by atoms with Crippen LogP contribution >= 0.6 is 23.1 Å². The molecule has 0 spiro atoms. The number of ether oxygens (including phenoxy) is 2. The van der Waals surface area contributed by atoms with Gasteiger partial charge in [-0.05, 0) is 32.1 Å². The van der Waals surface area contributed by atoms with Gasteiger partial charge in [-0.2, -0.15) is 0 Å². The first kappa shape index (κ1) is 21.0. The predicted octanol–water partition coefficient (Wildman–Crippen LogP) is 3.11. The summed E-state index contributed by atoms with van der Waals surface area (Å²) >= 11 is 2.49. The molecule has 2 aliphatic rings. The molecule has 1 aliphatic heterocycles. The number of aromatic nitrogens is 3. The minimum atomic E-state index is -0.563. The second kappa shape index (κ2) is 8.84. The number of nitrogens with two attached hydrogens (primary N) is 1. The fraction of sp³-hybridized carbons (Fsp3) is 0.579. The van der Waals surface area contributed by atoms with E-state index in [1.54, 1.807) is 0 Å². The van der Waals surface area contributed by atoms with E-state index in [9.17, 15) is 9.59 Å². The van der Waals surface area contributed by atoms with Gasteiger partial charge in [-0.3, -0.25) is 4.57 Å². The molecule has 30 heavy (non-hydrogen) atoms. The molecule has 0 bridgehead atoms. The lowest BCUT2D eigenvalue weighted by Crippen LogP contribution is -2.31. The molecule has 0 amide bonds. The Hall–Kier alpha value is -2.27. The highest BCUT2D eigenvalue weighted by Crippen LogP contribution is 2.43. The molecular weight excluding hydrogens is 426 g/mol. The summed E-state index contributed by atoms with van der Waals surface area (Å²) in [7, 11) is 2.60. The van der Waals surface area contributed by atoms with Gasteiger partial charge in [0, 0.05) is 30.4 Å². The molecule has 2 aromatic heterocycles. The molecule has 0 aromatic carbocycles. The van der Waals surface area contributed by atoms with Crippen molar-refractivity contribution in [2.75, 3.05) is 37.9 Å². The Balaban J connectivity index is 1.63. The van der Waals surface area contributed by atoms with Crippen LogP contribution in [0.2, 0.25) is 0 Å². The third-order valence-corrected chi connectivity index (χ3v) is 7.35. The first-order chi connectivity index (χ1) is 14.5.